The van der Waals surface area contributed by atoms with Crippen LogP contribution in [0.5, 0.6) is 0 Å². The topological polar surface area (TPSA) is 319 Å². The van der Waals surface area contributed by atoms with Gasteiger partial charge >= 0.3 is 5.97 Å². The third-order valence-corrected chi connectivity index (χ3v) is 19.8. The van der Waals surface area contributed by atoms with Crippen LogP contribution < -0.4 is 32.3 Å². The summed E-state index contributed by atoms with van der Waals surface area (Å²) in [6, 6.07) is 73.4. The number of H-pyrrole nitrogens is 1. The number of carboxylic acid groups (broad SMARTS) is 1. The molecule has 0 saturated carbocycles. The number of carbonyl (C=O) groups excluding carboxylic acids is 2. The summed E-state index contributed by atoms with van der Waals surface area (Å²) in [6.07, 6.45) is 7.65. The summed E-state index contributed by atoms with van der Waals surface area (Å²) < 4.78 is 76.8. The lowest BCUT2D eigenvalue weighted by atomic mass is 10.1. The molecular weight excluding hydrogens is 1670 g/mol. The van der Waals surface area contributed by atoms with Crippen molar-refractivity contribution in [3.8, 4) is 45.0 Å². The van der Waals surface area contributed by atoms with Gasteiger partial charge in [0, 0.05) is 55.2 Å². The van der Waals surface area contributed by atoms with Gasteiger partial charge in [0.05, 0.1) is 35.0 Å². The molecule has 14 aromatic rings. The number of carbonyl (C=O) groups is 3. The Labute approximate surface area is 705 Å². The van der Waals surface area contributed by atoms with E-state index >= 15 is 0 Å². The molecule has 0 radical (unpaired) electrons. The number of ether oxygens (including phenoxy) is 3. The number of aromatic nitrogens is 12. The Morgan fingerprint density at radius 1 is 0.408 bits per heavy atom. The minimum Gasteiger partial charge on any atom is -0.476 e. The van der Waals surface area contributed by atoms with Crippen LogP contribution >= 0.6 is 31.9 Å². The van der Waals surface area contributed by atoms with Gasteiger partial charge in [-0.2, -0.15) is 20.4 Å². The second kappa shape index (κ2) is 42.4. The van der Waals surface area contributed by atoms with Crippen LogP contribution in [-0.2, 0) is 33.8 Å². The Bertz CT molecular complexity index is 5640. The Kier molecular flexibility index (Phi) is 29.9. The van der Waals surface area contributed by atoms with E-state index < -0.39 is 5.97 Å². The first-order valence-corrected chi connectivity index (χ1v) is 40.4. The lowest BCUT2D eigenvalue weighted by Gasteiger charge is -2.24. The lowest BCUT2D eigenvalue weighted by molar-refractivity contribution is -0.0386. The first kappa shape index (κ1) is 84.8. The molecule has 25 nitrogen and oxygen atoms in total. The van der Waals surface area contributed by atoms with Crippen molar-refractivity contribution in [3.63, 3.8) is 0 Å². The third kappa shape index (κ3) is 24.5. The van der Waals surface area contributed by atoms with Gasteiger partial charge in [-0.1, -0.05) is 84.9 Å². The molecule has 0 aliphatic carbocycles. The average Bonchev–Trinajstić information content (AvgIpc) is 2.11. The maximum Gasteiger partial charge on any atom is 0.356 e. The van der Waals surface area contributed by atoms with Crippen LogP contribution in [0.15, 0.2) is 264 Å². The number of carboxylic acids is 1. The highest BCUT2D eigenvalue weighted by Crippen LogP contribution is 2.34. The van der Waals surface area contributed by atoms with Crippen molar-refractivity contribution >= 4 is 84.6 Å². The summed E-state index contributed by atoms with van der Waals surface area (Å²) >= 11 is 6.45. The minimum absolute atomic E-state index is 0.0384. The van der Waals surface area contributed by atoms with Crippen molar-refractivity contribution < 1.29 is 51.3 Å². The fourth-order valence-electron chi connectivity index (χ4n) is 12.9. The number of nitrogen functional groups attached to an aromatic ring is 1. The number of amides is 2. The highest BCUT2D eigenvalue weighted by atomic mass is 79.9. The van der Waals surface area contributed by atoms with Crippen LogP contribution in [0, 0.1) is 23.3 Å². The van der Waals surface area contributed by atoms with Gasteiger partial charge in [0.1, 0.15) is 67.4 Å². The number of aromatic amines is 1. The number of anilines is 6. The molecule has 2 amide bonds. The number of nitrogens with one attached hydrogen (secondary N) is 6. The molecule has 3 saturated heterocycles. The van der Waals surface area contributed by atoms with Crippen LogP contribution in [0.3, 0.4) is 0 Å². The molecular formula is C89H84Br2F4N18O7. The quantitative estimate of drug-likeness (QED) is 0.0245. The van der Waals surface area contributed by atoms with E-state index in [4.69, 9.17) is 25.1 Å². The van der Waals surface area contributed by atoms with E-state index in [1.165, 1.54) is 60.2 Å². The fourth-order valence-corrected chi connectivity index (χ4v) is 13.6. The van der Waals surface area contributed by atoms with E-state index in [1.807, 2.05) is 97.1 Å². The van der Waals surface area contributed by atoms with Crippen molar-refractivity contribution in [2.45, 2.75) is 96.1 Å². The van der Waals surface area contributed by atoms with Crippen molar-refractivity contribution in [3.05, 3.63) is 321 Å². The first-order chi connectivity index (χ1) is 58.4. The average molecular weight is 1750 g/mol. The van der Waals surface area contributed by atoms with Crippen LogP contribution in [0.4, 0.5) is 52.5 Å². The van der Waals surface area contributed by atoms with E-state index in [9.17, 15) is 31.9 Å². The molecule has 120 heavy (non-hydrogen) atoms. The van der Waals surface area contributed by atoms with Gasteiger partial charge < -0.3 is 51.6 Å². The van der Waals surface area contributed by atoms with Gasteiger partial charge in [-0.3, -0.25) is 14.7 Å². The SMILES string of the molecule is Fc1ccc(-c2cc(CNc3cccc(NCc4ccccc4)n3)[nH]n2)cc1.Nc1cccc(Br)n1.O=C(Nc1cccc(Br)n1)c1cc(-c2ccc(F)cc2)n(C2CCCCO2)n1.O=C(Nc1cccc(NCc2ccccc2)n1)c1cc(-c2ccc(F)cc2)n(C2CCCCO2)n1.O=C(O)c1cc(-c2ccc(F)cc2)n(C2CCCCO2)n1. The molecule has 9 N–H and O–H groups in total. The number of benzene rings is 6. The molecule has 3 aliphatic heterocycles. The normalized spacial score (nSPS) is 14.8. The molecule has 3 aliphatic rings. The summed E-state index contributed by atoms with van der Waals surface area (Å²) in [7, 11) is 0. The maximum atomic E-state index is 13.5. The van der Waals surface area contributed by atoms with E-state index in [-0.39, 0.29) is 70.8 Å². The summed E-state index contributed by atoms with van der Waals surface area (Å²) in [5, 5.41) is 45.1. The second-order valence-corrected chi connectivity index (χ2v) is 29.3. The number of halogens is 6. The van der Waals surface area contributed by atoms with Gasteiger partial charge in [-0.15, -0.1) is 0 Å². The van der Waals surface area contributed by atoms with E-state index in [0.29, 0.717) is 83.4 Å². The Morgan fingerprint density at radius 3 is 1.15 bits per heavy atom. The molecule has 3 atom stereocenters. The smallest absolute Gasteiger partial charge is 0.356 e. The number of aromatic carboxylic acids is 1. The second-order valence-electron chi connectivity index (χ2n) is 27.6. The number of nitrogens with two attached hydrogens (primary N) is 1. The fraction of sp³-hybridized carbons (Fsp3) is 0.202. The molecule has 8 aromatic heterocycles. The van der Waals surface area contributed by atoms with Gasteiger partial charge in [0.2, 0.25) is 0 Å². The molecule has 17 rings (SSSR count). The van der Waals surface area contributed by atoms with Crippen molar-refractivity contribution in [1.29, 1.82) is 0 Å². The van der Waals surface area contributed by atoms with Crippen LogP contribution in [0.1, 0.15) is 125 Å². The number of nitrogens with zero attached hydrogens (tertiary/aromatic N) is 11. The summed E-state index contributed by atoms with van der Waals surface area (Å²) in [5.41, 5.74) is 14.9. The van der Waals surface area contributed by atoms with Gasteiger partial charge in [0.25, 0.3) is 11.8 Å². The Hall–Kier alpha value is -13.1. The third-order valence-electron chi connectivity index (χ3n) is 18.9. The van der Waals surface area contributed by atoms with Crippen LogP contribution in [0.25, 0.3) is 45.0 Å². The monoisotopic (exact) mass is 1750 g/mol. The molecule has 3 fully saturated rings. The molecule has 6 aromatic carbocycles. The van der Waals surface area contributed by atoms with Gasteiger partial charge in [-0.05, 0) is 271 Å². The number of hydrogen-bond acceptors (Lipinski definition) is 18. The Morgan fingerprint density at radius 2 is 0.767 bits per heavy atom. The molecule has 0 bridgehead atoms. The maximum absolute atomic E-state index is 13.5. The number of hydrogen-bond donors (Lipinski definition) is 8. The highest BCUT2D eigenvalue weighted by Gasteiger charge is 2.28. The van der Waals surface area contributed by atoms with Crippen LogP contribution in [-0.4, -0.2) is 102 Å². The van der Waals surface area contributed by atoms with Crippen LogP contribution in [0.2, 0.25) is 0 Å². The van der Waals surface area contributed by atoms with E-state index in [1.54, 1.807) is 105 Å². The zero-order valence-corrected chi connectivity index (χ0v) is 67.9. The van der Waals surface area contributed by atoms with Crippen molar-refractivity contribution in [2.75, 3.05) is 52.1 Å². The summed E-state index contributed by atoms with van der Waals surface area (Å²) in [4.78, 5) is 54.1. The molecule has 3 unspecified atom stereocenters. The predicted molar refractivity (Wildman–Crippen MR) is 458 cm³/mol. The number of rotatable bonds is 21. The standard InChI is InChI=1S/C27H26FN5O2.C22H20FN5.C20H18BrFN4O2.C15H15FN2O3.C5H5BrN2/c28-21-14-12-20(13-15-21)23-17-22(32-33(23)26-11-4-5-16-35-26)27(34)31-25-10-6-9-24(30-25)29-18-19-7-2-1-3-8-19;23-18-11-9-17(10-12-18)20-13-19(27-28-20)15-25-22-8-4-7-21(26-22)24-14-16-5-2-1-3-6-16;21-17-4-3-5-18(23-17)24-20(27)15-12-16(13-7-9-14(22)10-8-13)26(25-15)19-6-1-2-11-28-19;16-11-6-4-10(5-7-11)13-9-12(15(19)20)17-18(13)14-3-1-2-8-21-14;6-4-2-1-3-5(7)8-4/h1-3,6-10,12-15,17,26H,4-5,11,16,18H2,(H2,29,30,31,34);1-13H,14-15H2,(H,27,28)(H2,24,25,26);3-5,7-10,12,19H,1-2,6,11H2,(H,23,24,27);4-7,9,14H,1-3,8H2,(H,19,20);1-3H,(H2,7,8). The summed E-state index contributed by atoms with van der Waals surface area (Å²) in [5.74, 6) is 0.546. The molecule has 31 heteroatoms. The largest absolute Gasteiger partial charge is 0.476 e. The first-order valence-electron chi connectivity index (χ1n) is 38.8. The zero-order valence-electron chi connectivity index (χ0n) is 64.7. The number of pyridine rings is 4. The lowest BCUT2D eigenvalue weighted by Crippen LogP contribution is -2.21. The van der Waals surface area contributed by atoms with E-state index in [2.05, 4.69) is 116 Å². The predicted octanol–water partition coefficient (Wildman–Crippen LogP) is 19.8. The van der Waals surface area contributed by atoms with Crippen molar-refractivity contribution in [1.82, 2.24) is 59.5 Å². The molecule has 0 spiro atoms. The highest BCUT2D eigenvalue weighted by molar-refractivity contribution is 9.10. The molecule has 614 valence electrons. The van der Waals surface area contributed by atoms with Gasteiger partial charge in [0.15, 0.2) is 35.8 Å². The van der Waals surface area contributed by atoms with Crippen molar-refractivity contribution in [2.24, 2.45) is 0 Å². The Balaban J connectivity index is 0.000000135. The minimum atomic E-state index is -1.09. The molecule has 11 heterocycles. The van der Waals surface area contributed by atoms with E-state index in [0.717, 1.165) is 114 Å². The zero-order chi connectivity index (χ0) is 83.5. The summed E-state index contributed by atoms with van der Waals surface area (Å²) in [6.45, 7) is 3.83. The van der Waals surface area contributed by atoms with Gasteiger partial charge in [-0.25, -0.2) is 56.3 Å².